The molecule has 1 aliphatic heterocycles. The number of aryl methyl sites for hydroxylation is 1. The number of aliphatic hydroxyl groups excluding tert-OH is 1. The summed E-state index contributed by atoms with van der Waals surface area (Å²) >= 11 is 3.49. The van der Waals surface area contributed by atoms with Crippen molar-refractivity contribution in [2.45, 2.75) is 19.4 Å². The molecule has 4 heteroatoms. The third-order valence-electron chi connectivity index (χ3n) is 2.42. The number of aliphatic hydroxyl groups is 1. The Balaban J connectivity index is 2.24. The van der Waals surface area contributed by atoms with Gasteiger partial charge in [0.2, 0.25) is 0 Å². The summed E-state index contributed by atoms with van der Waals surface area (Å²) < 4.78 is 1.01. The van der Waals surface area contributed by atoms with E-state index in [2.05, 4.69) is 25.8 Å². The number of hydrogen-bond acceptors (Lipinski definition) is 3. The lowest BCUT2D eigenvalue weighted by atomic mass is 10.3. The standard InChI is InChI=1S/C10H13BrN2O/c1-7-4-9(11)10(12-5-7)13-3-2-8(14)6-13/h4-5,8,14H,2-3,6H2,1H3/t8-/m1/s1. The average molecular weight is 257 g/mol. The first-order valence-corrected chi connectivity index (χ1v) is 5.51. The Labute approximate surface area is 91.9 Å². The van der Waals surface area contributed by atoms with E-state index in [-0.39, 0.29) is 6.10 Å². The first-order chi connectivity index (χ1) is 6.66. The Kier molecular flexibility index (Phi) is 2.74. The molecule has 0 aromatic carbocycles. The minimum Gasteiger partial charge on any atom is -0.391 e. The molecule has 1 aliphatic rings. The van der Waals surface area contributed by atoms with Crippen LogP contribution >= 0.6 is 15.9 Å². The van der Waals surface area contributed by atoms with E-state index >= 15 is 0 Å². The lowest BCUT2D eigenvalue weighted by molar-refractivity contribution is 0.198. The fourth-order valence-corrected chi connectivity index (χ4v) is 2.41. The van der Waals surface area contributed by atoms with Gasteiger partial charge in [0.05, 0.1) is 10.6 Å². The van der Waals surface area contributed by atoms with Crippen molar-refractivity contribution in [1.82, 2.24) is 4.98 Å². The van der Waals surface area contributed by atoms with Crippen LogP contribution in [0.4, 0.5) is 5.82 Å². The van der Waals surface area contributed by atoms with E-state index in [9.17, 15) is 5.11 Å². The van der Waals surface area contributed by atoms with Crippen LogP contribution in [0.15, 0.2) is 16.7 Å². The van der Waals surface area contributed by atoms with Crippen LogP contribution < -0.4 is 4.90 Å². The maximum absolute atomic E-state index is 9.42. The van der Waals surface area contributed by atoms with Gasteiger partial charge in [0.25, 0.3) is 0 Å². The first-order valence-electron chi connectivity index (χ1n) is 4.72. The number of anilines is 1. The molecule has 2 rings (SSSR count). The van der Waals surface area contributed by atoms with Crippen molar-refractivity contribution < 1.29 is 5.11 Å². The van der Waals surface area contributed by atoms with Gasteiger partial charge in [-0.3, -0.25) is 0 Å². The van der Waals surface area contributed by atoms with E-state index in [1.54, 1.807) is 0 Å². The first kappa shape index (κ1) is 9.93. The molecule has 0 bridgehead atoms. The van der Waals surface area contributed by atoms with E-state index in [0.29, 0.717) is 6.54 Å². The summed E-state index contributed by atoms with van der Waals surface area (Å²) in [4.78, 5) is 6.47. The third-order valence-corrected chi connectivity index (χ3v) is 3.00. The second kappa shape index (κ2) is 3.87. The van der Waals surface area contributed by atoms with Crippen LogP contribution in [0.2, 0.25) is 0 Å². The predicted octanol–water partition coefficient (Wildman–Crippen LogP) is 1.72. The van der Waals surface area contributed by atoms with E-state index < -0.39 is 0 Å². The maximum atomic E-state index is 9.42. The lowest BCUT2D eigenvalue weighted by Gasteiger charge is -2.18. The number of nitrogens with zero attached hydrogens (tertiary/aromatic N) is 2. The molecule has 0 spiro atoms. The Bertz CT molecular complexity index is 343. The van der Waals surface area contributed by atoms with Gasteiger partial charge in [-0.25, -0.2) is 4.98 Å². The Morgan fingerprint density at radius 2 is 2.43 bits per heavy atom. The summed E-state index contributed by atoms with van der Waals surface area (Å²) in [7, 11) is 0. The molecule has 0 radical (unpaired) electrons. The van der Waals surface area contributed by atoms with Gasteiger partial charge in [0, 0.05) is 19.3 Å². The predicted molar refractivity (Wildman–Crippen MR) is 59.5 cm³/mol. The van der Waals surface area contributed by atoms with Crippen molar-refractivity contribution in [3.8, 4) is 0 Å². The molecule has 0 aliphatic carbocycles. The Hall–Kier alpha value is -0.610. The molecule has 1 saturated heterocycles. The average Bonchev–Trinajstić information content (AvgIpc) is 2.51. The third kappa shape index (κ3) is 1.91. The lowest BCUT2D eigenvalue weighted by Crippen LogP contribution is -2.22. The molecule has 1 atom stereocenters. The van der Waals surface area contributed by atoms with Crippen LogP contribution in [0, 0.1) is 6.92 Å². The highest BCUT2D eigenvalue weighted by Crippen LogP contribution is 2.27. The van der Waals surface area contributed by atoms with Crippen LogP contribution in [-0.4, -0.2) is 29.3 Å². The van der Waals surface area contributed by atoms with Gasteiger partial charge < -0.3 is 10.0 Å². The second-order valence-corrected chi connectivity index (χ2v) is 4.56. The van der Waals surface area contributed by atoms with Crippen molar-refractivity contribution in [3.63, 3.8) is 0 Å². The zero-order chi connectivity index (χ0) is 10.1. The number of halogens is 1. The summed E-state index contributed by atoms with van der Waals surface area (Å²) in [5, 5.41) is 9.42. The summed E-state index contributed by atoms with van der Waals surface area (Å²) in [6, 6.07) is 2.05. The fourth-order valence-electron chi connectivity index (χ4n) is 1.69. The number of hydrogen-bond donors (Lipinski definition) is 1. The van der Waals surface area contributed by atoms with E-state index in [4.69, 9.17) is 0 Å². The second-order valence-electron chi connectivity index (χ2n) is 3.71. The molecule has 1 aromatic rings. The normalized spacial score (nSPS) is 21.6. The van der Waals surface area contributed by atoms with Crippen LogP contribution in [-0.2, 0) is 0 Å². The maximum Gasteiger partial charge on any atom is 0.142 e. The molecule has 0 saturated carbocycles. The molecule has 1 N–H and O–H groups in total. The molecule has 3 nitrogen and oxygen atoms in total. The van der Waals surface area contributed by atoms with Crippen molar-refractivity contribution in [2.75, 3.05) is 18.0 Å². The Morgan fingerprint density at radius 1 is 1.64 bits per heavy atom. The highest BCUT2D eigenvalue weighted by atomic mass is 79.9. The van der Waals surface area contributed by atoms with Gasteiger partial charge >= 0.3 is 0 Å². The fraction of sp³-hybridized carbons (Fsp3) is 0.500. The van der Waals surface area contributed by atoms with Gasteiger partial charge in [-0.1, -0.05) is 0 Å². The largest absolute Gasteiger partial charge is 0.391 e. The molecule has 0 unspecified atom stereocenters. The summed E-state index contributed by atoms with van der Waals surface area (Å²) in [5.41, 5.74) is 1.14. The highest BCUT2D eigenvalue weighted by Gasteiger charge is 2.22. The smallest absolute Gasteiger partial charge is 0.142 e. The molecule has 1 fully saturated rings. The van der Waals surface area contributed by atoms with Crippen molar-refractivity contribution in [2.24, 2.45) is 0 Å². The summed E-state index contributed by atoms with van der Waals surface area (Å²) in [5.74, 6) is 0.937. The zero-order valence-electron chi connectivity index (χ0n) is 8.07. The molecule has 1 aromatic heterocycles. The van der Waals surface area contributed by atoms with Crippen molar-refractivity contribution in [3.05, 3.63) is 22.3 Å². The molecular formula is C10H13BrN2O. The van der Waals surface area contributed by atoms with E-state index in [0.717, 1.165) is 28.8 Å². The monoisotopic (exact) mass is 256 g/mol. The van der Waals surface area contributed by atoms with Gasteiger partial charge in [-0.2, -0.15) is 0 Å². The van der Waals surface area contributed by atoms with Crippen LogP contribution in [0.5, 0.6) is 0 Å². The van der Waals surface area contributed by atoms with E-state index in [1.807, 2.05) is 19.2 Å². The zero-order valence-corrected chi connectivity index (χ0v) is 9.66. The minimum absolute atomic E-state index is 0.204. The number of pyridine rings is 1. The quantitative estimate of drug-likeness (QED) is 0.832. The Morgan fingerprint density at radius 3 is 3.00 bits per heavy atom. The van der Waals surface area contributed by atoms with Gasteiger partial charge in [0.1, 0.15) is 5.82 Å². The number of β-amino-alcohol motifs (C(OH)–C–C–N with tert-alkyl or cyclic N) is 1. The van der Waals surface area contributed by atoms with Crippen LogP contribution in [0.3, 0.4) is 0 Å². The number of rotatable bonds is 1. The highest BCUT2D eigenvalue weighted by molar-refractivity contribution is 9.10. The molecule has 2 heterocycles. The molecule has 76 valence electrons. The van der Waals surface area contributed by atoms with Crippen LogP contribution in [0.25, 0.3) is 0 Å². The van der Waals surface area contributed by atoms with Gasteiger partial charge in [-0.15, -0.1) is 0 Å². The minimum atomic E-state index is -0.204. The topological polar surface area (TPSA) is 36.4 Å². The van der Waals surface area contributed by atoms with E-state index in [1.165, 1.54) is 0 Å². The summed E-state index contributed by atoms with van der Waals surface area (Å²) in [6.45, 7) is 3.59. The van der Waals surface area contributed by atoms with Crippen molar-refractivity contribution in [1.29, 1.82) is 0 Å². The SMILES string of the molecule is Cc1cnc(N2CC[C@@H](O)C2)c(Br)c1. The molecular weight excluding hydrogens is 244 g/mol. The van der Waals surface area contributed by atoms with Gasteiger partial charge in [-0.05, 0) is 40.9 Å². The van der Waals surface area contributed by atoms with Crippen molar-refractivity contribution >= 4 is 21.7 Å². The number of aromatic nitrogens is 1. The van der Waals surface area contributed by atoms with Gasteiger partial charge in [0.15, 0.2) is 0 Å². The molecule has 14 heavy (non-hydrogen) atoms. The van der Waals surface area contributed by atoms with Crippen LogP contribution in [0.1, 0.15) is 12.0 Å². The molecule has 0 amide bonds. The summed E-state index contributed by atoms with van der Waals surface area (Å²) in [6.07, 6.45) is 2.48.